The summed E-state index contributed by atoms with van der Waals surface area (Å²) in [6.07, 6.45) is 4.04. The number of hydrogen-bond acceptors (Lipinski definition) is 3. The van der Waals surface area contributed by atoms with Gasteiger partial charge in [-0.05, 0) is 60.4 Å². The first kappa shape index (κ1) is 23.7. The highest BCUT2D eigenvalue weighted by molar-refractivity contribution is 8.00. The van der Waals surface area contributed by atoms with Crippen molar-refractivity contribution in [2.24, 2.45) is 5.92 Å². The van der Waals surface area contributed by atoms with Crippen LogP contribution in [-0.2, 0) is 17.6 Å². The molecule has 0 unspecified atom stereocenters. The highest BCUT2D eigenvalue weighted by Gasteiger charge is 2.32. The van der Waals surface area contributed by atoms with Crippen molar-refractivity contribution in [1.82, 2.24) is 9.80 Å². The second kappa shape index (κ2) is 11.1. The lowest BCUT2D eigenvalue weighted by Gasteiger charge is -2.32. The van der Waals surface area contributed by atoms with E-state index in [0.717, 1.165) is 49.9 Å². The monoisotopic (exact) mass is 484 g/mol. The molecule has 5 rings (SSSR count). The summed E-state index contributed by atoms with van der Waals surface area (Å²) in [6.45, 7) is 2.34. The maximum atomic E-state index is 13.1. The number of rotatable bonds is 7. The van der Waals surface area contributed by atoms with Gasteiger partial charge in [0.1, 0.15) is 5.37 Å². The fourth-order valence-electron chi connectivity index (χ4n) is 5.13. The zero-order valence-electron chi connectivity index (χ0n) is 20.0. The number of benzene rings is 3. The normalized spacial score (nSPS) is 18.7. The third-order valence-corrected chi connectivity index (χ3v) is 8.42. The first-order valence-electron chi connectivity index (χ1n) is 12.6. The molecule has 180 valence electrons. The number of thioether (sulfide) groups is 1. The van der Waals surface area contributed by atoms with E-state index in [9.17, 15) is 9.59 Å². The van der Waals surface area contributed by atoms with Crippen LogP contribution in [0.15, 0.2) is 84.9 Å². The summed E-state index contributed by atoms with van der Waals surface area (Å²) >= 11 is 1.67. The molecule has 35 heavy (non-hydrogen) atoms. The Bertz CT molecular complexity index is 1130. The minimum Gasteiger partial charge on any atom is -0.339 e. The van der Waals surface area contributed by atoms with Crippen LogP contribution >= 0.6 is 11.8 Å². The lowest BCUT2D eigenvalue weighted by Crippen LogP contribution is -2.38. The Morgan fingerprint density at radius 2 is 1.46 bits per heavy atom. The second-order valence-corrected chi connectivity index (χ2v) is 10.6. The third kappa shape index (κ3) is 5.79. The molecular weight excluding hydrogens is 452 g/mol. The van der Waals surface area contributed by atoms with Gasteiger partial charge in [0.2, 0.25) is 5.91 Å². The van der Waals surface area contributed by atoms with Crippen LogP contribution in [0.3, 0.4) is 0 Å². The minimum atomic E-state index is 0.0177. The first-order chi connectivity index (χ1) is 17.2. The first-order valence-corrected chi connectivity index (χ1v) is 13.6. The van der Waals surface area contributed by atoms with Crippen LogP contribution < -0.4 is 0 Å². The van der Waals surface area contributed by atoms with Gasteiger partial charge in [-0.3, -0.25) is 9.59 Å². The van der Waals surface area contributed by atoms with Crippen molar-refractivity contribution in [2.75, 3.05) is 25.4 Å². The van der Waals surface area contributed by atoms with E-state index in [0.29, 0.717) is 18.2 Å². The van der Waals surface area contributed by atoms with Gasteiger partial charge in [-0.1, -0.05) is 72.8 Å². The van der Waals surface area contributed by atoms with E-state index in [1.54, 1.807) is 11.8 Å². The summed E-state index contributed by atoms with van der Waals surface area (Å²) in [4.78, 5) is 29.7. The maximum Gasteiger partial charge on any atom is 0.253 e. The molecule has 0 saturated carbocycles. The Labute approximate surface area is 212 Å². The number of carbonyl (C=O) groups excluding carboxylic acids is 2. The van der Waals surface area contributed by atoms with Crippen LogP contribution in [0, 0.1) is 5.92 Å². The summed E-state index contributed by atoms with van der Waals surface area (Å²) < 4.78 is 0. The van der Waals surface area contributed by atoms with Gasteiger partial charge in [-0.25, -0.2) is 0 Å². The van der Waals surface area contributed by atoms with Gasteiger partial charge in [0.05, 0.1) is 5.75 Å². The molecule has 2 saturated heterocycles. The average Bonchev–Trinajstić information content (AvgIpc) is 3.29. The van der Waals surface area contributed by atoms with E-state index in [2.05, 4.69) is 42.5 Å². The molecule has 3 aromatic carbocycles. The van der Waals surface area contributed by atoms with Gasteiger partial charge in [-0.2, -0.15) is 0 Å². The van der Waals surface area contributed by atoms with Crippen LogP contribution in [0.2, 0.25) is 0 Å². The molecule has 2 heterocycles. The Balaban J connectivity index is 1.17. The molecule has 2 fully saturated rings. The van der Waals surface area contributed by atoms with Crippen molar-refractivity contribution in [1.29, 1.82) is 0 Å². The van der Waals surface area contributed by atoms with Crippen molar-refractivity contribution in [3.63, 3.8) is 0 Å². The number of hydrogen-bond donors (Lipinski definition) is 0. The SMILES string of the molecule is O=C(c1ccc([C@@H]2SCC(=O)N2CCc2ccccc2)cc1)N1CCC(Cc2ccccc2)CC1. The lowest BCUT2D eigenvalue weighted by molar-refractivity contribution is -0.128. The standard InChI is InChI=1S/C30H32N2O2S/c33-28-22-35-30(32(28)20-17-23-7-3-1-4-8-23)27-13-11-26(12-14-27)29(34)31-18-15-25(16-19-31)21-24-9-5-2-6-10-24/h1-14,25,30H,15-22H2/t30-/m0/s1. The molecule has 0 spiro atoms. The lowest BCUT2D eigenvalue weighted by atomic mass is 9.90. The largest absolute Gasteiger partial charge is 0.339 e. The van der Waals surface area contributed by atoms with Crippen LogP contribution in [0.25, 0.3) is 0 Å². The van der Waals surface area contributed by atoms with E-state index in [-0.39, 0.29) is 17.2 Å². The highest BCUT2D eigenvalue weighted by Crippen LogP contribution is 2.38. The van der Waals surface area contributed by atoms with Gasteiger partial charge in [-0.15, -0.1) is 11.8 Å². The Morgan fingerprint density at radius 1 is 0.829 bits per heavy atom. The summed E-state index contributed by atoms with van der Waals surface area (Å²) in [5.74, 6) is 1.46. The summed E-state index contributed by atoms with van der Waals surface area (Å²) in [5, 5.41) is 0.0177. The molecular formula is C30H32N2O2S. The molecule has 3 aromatic rings. The molecule has 0 radical (unpaired) electrons. The summed E-state index contributed by atoms with van der Waals surface area (Å²) in [7, 11) is 0. The van der Waals surface area contributed by atoms with E-state index in [4.69, 9.17) is 0 Å². The van der Waals surface area contributed by atoms with Crippen molar-refractivity contribution in [2.45, 2.75) is 31.1 Å². The highest BCUT2D eigenvalue weighted by atomic mass is 32.2. The van der Waals surface area contributed by atoms with Crippen LogP contribution in [0.1, 0.15) is 45.3 Å². The molecule has 4 nitrogen and oxygen atoms in total. The molecule has 0 N–H and O–H groups in total. The molecule has 2 aliphatic heterocycles. The van der Waals surface area contributed by atoms with Crippen LogP contribution in [0.5, 0.6) is 0 Å². The molecule has 0 bridgehead atoms. The third-order valence-electron chi connectivity index (χ3n) is 7.16. The smallest absolute Gasteiger partial charge is 0.253 e. The average molecular weight is 485 g/mol. The fraction of sp³-hybridized carbons (Fsp3) is 0.333. The molecule has 0 aliphatic carbocycles. The Hall–Kier alpha value is -3.05. The zero-order chi connectivity index (χ0) is 24.0. The van der Waals surface area contributed by atoms with Gasteiger partial charge >= 0.3 is 0 Å². The Kier molecular flexibility index (Phi) is 7.53. The molecule has 0 aromatic heterocycles. The Morgan fingerprint density at radius 3 is 2.11 bits per heavy atom. The maximum absolute atomic E-state index is 13.1. The van der Waals surface area contributed by atoms with Crippen molar-refractivity contribution < 1.29 is 9.59 Å². The predicted octanol–water partition coefficient (Wildman–Crippen LogP) is 5.60. The van der Waals surface area contributed by atoms with Gasteiger partial charge in [0.15, 0.2) is 0 Å². The van der Waals surface area contributed by atoms with Gasteiger partial charge in [0.25, 0.3) is 5.91 Å². The molecule has 2 aliphatic rings. The minimum absolute atomic E-state index is 0.0177. The van der Waals surface area contributed by atoms with Gasteiger partial charge < -0.3 is 9.80 Å². The van der Waals surface area contributed by atoms with Crippen molar-refractivity contribution in [3.05, 3.63) is 107 Å². The number of piperidine rings is 1. The quantitative estimate of drug-likeness (QED) is 0.438. The van der Waals surface area contributed by atoms with E-state index < -0.39 is 0 Å². The second-order valence-electron chi connectivity index (χ2n) is 9.53. The molecule has 2 amide bonds. The molecule has 1 atom stereocenters. The van der Waals surface area contributed by atoms with E-state index in [1.165, 1.54) is 11.1 Å². The van der Waals surface area contributed by atoms with E-state index in [1.807, 2.05) is 52.3 Å². The number of amides is 2. The number of likely N-dealkylation sites (tertiary alicyclic amines) is 1. The van der Waals surface area contributed by atoms with E-state index >= 15 is 0 Å². The summed E-state index contributed by atoms with van der Waals surface area (Å²) in [6, 6.07) is 28.9. The van der Waals surface area contributed by atoms with Crippen molar-refractivity contribution >= 4 is 23.6 Å². The fourth-order valence-corrected chi connectivity index (χ4v) is 6.35. The topological polar surface area (TPSA) is 40.6 Å². The van der Waals surface area contributed by atoms with Crippen LogP contribution in [-0.4, -0.2) is 47.0 Å². The van der Waals surface area contributed by atoms with Gasteiger partial charge in [0, 0.05) is 25.2 Å². The predicted molar refractivity (Wildman–Crippen MR) is 142 cm³/mol. The molecule has 5 heteroatoms. The van der Waals surface area contributed by atoms with Crippen molar-refractivity contribution in [3.8, 4) is 0 Å². The zero-order valence-corrected chi connectivity index (χ0v) is 20.8. The summed E-state index contributed by atoms with van der Waals surface area (Å²) in [5.41, 5.74) is 4.45. The van der Waals surface area contributed by atoms with Crippen LogP contribution in [0.4, 0.5) is 0 Å². The number of carbonyl (C=O) groups is 2. The number of nitrogens with zero attached hydrogens (tertiary/aromatic N) is 2.